The van der Waals surface area contributed by atoms with Crippen molar-refractivity contribution < 1.29 is 23.7 Å². The van der Waals surface area contributed by atoms with Gasteiger partial charge in [0, 0.05) is 31.7 Å². The number of hydrogen-bond acceptors (Lipinski definition) is 8. The SMILES string of the molecule is COc1ccc(-c2ccc(N3CCN(C(=O)COc4ccc(Oc5ccccc5)cc4)CC3)nn2)cc1OC. The highest BCUT2D eigenvalue weighted by Crippen LogP contribution is 2.31. The summed E-state index contributed by atoms with van der Waals surface area (Å²) in [5.74, 6) is 4.12. The number of hydrogen-bond donors (Lipinski definition) is 0. The lowest BCUT2D eigenvalue weighted by atomic mass is 10.1. The lowest BCUT2D eigenvalue weighted by Crippen LogP contribution is -2.50. The number of piperazine rings is 1. The Kier molecular flexibility index (Phi) is 8.06. The summed E-state index contributed by atoms with van der Waals surface area (Å²) in [6, 6.07) is 26.3. The number of rotatable bonds is 9. The normalized spacial score (nSPS) is 13.1. The third kappa shape index (κ3) is 6.38. The predicted molar refractivity (Wildman–Crippen MR) is 148 cm³/mol. The van der Waals surface area contributed by atoms with E-state index in [1.807, 2.05) is 77.7 Å². The Bertz CT molecular complexity index is 1370. The molecule has 1 aliphatic heterocycles. The van der Waals surface area contributed by atoms with E-state index in [4.69, 9.17) is 18.9 Å². The fourth-order valence-electron chi connectivity index (χ4n) is 4.29. The van der Waals surface area contributed by atoms with Crippen molar-refractivity contribution in [3.8, 4) is 40.0 Å². The van der Waals surface area contributed by atoms with Crippen LogP contribution in [0.15, 0.2) is 84.9 Å². The average molecular weight is 527 g/mol. The molecule has 5 rings (SSSR count). The molecule has 4 aromatic rings. The van der Waals surface area contributed by atoms with Crippen molar-refractivity contribution in [1.29, 1.82) is 0 Å². The van der Waals surface area contributed by atoms with Crippen LogP contribution in [0.1, 0.15) is 0 Å². The number of aromatic nitrogens is 2. The number of methoxy groups -OCH3 is 2. The van der Waals surface area contributed by atoms with E-state index in [1.54, 1.807) is 26.4 Å². The van der Waals surface area contributed by atoms with Crippen LogP contribution < -0.4 is 23.8 Å². The topological polar surface area (TPSA) is 86.3 Å². The number of carbonyl (C=O) groups excluding carboxylic acids is 1. The van der Waals surface area contributed by atoms with Crippen molar-refractivity contribution in [3.05, 3.63) is 84.9 Å². The van der Waals surface area contributed by atoms with Gasteiger partial charge >= 0.3 is 0 Å². The van der Waals surface area contributed by atoms with Crippen molar-refractivity contribution >= 4 is 11.7 Å². The molecule has 0 bridgehead atoms. The van der Waals surface area contributed by atoms with Crippen molar-refractivity contribution in [2.24, 2.45) is 0 Å². The average Bonchev–Trinajstić information content (AvgIpc) is 3.01. The lowest BCUT2D eigenvalue weighted by molar-refractivity contribution is -0.133. The Morgan fingerprint density at radius 2 is 1.44 bits per heavy atom. The quantitative estimate of drug-likeness (QED) is 0.311. The van der Waals surface area contributed by atoms with Crippen LogP contribution in [-0.4, -0.2) is 68.0 Å². The first kappa shape index (κ1) is 25.8. The maximum Gasteiger partial charge on any atom is 0.260 e. The standard InChI is InChI=1S/C30H30N4O5/c1-36-27-14-8-22(20-28(27)37-2)26-13-15-29(32-31-26)33-16-18-34(19-17-33)30(35)21-38-23-9-11-25(12-10-23)39-24-6-4-3-5-7-24/h3-15,20H,16-19,21H2,1-2H3. The van der Waals surface area contributed by atoms with Gasteiger partial charge in [-0.05, 0) is 66.7 Å². The van der Waals surface area contributed by atoms with Crippen LogP contribution in [0.4, 0.5) is 5.82 Å². The van der Waals surface area contributed by atoms with Crippen molar-refractivity contribution in [3.63, 3.8) is 0 Å². The van der Waals surface area contributed by atoms with Gasteiger partial charge in [-0.3, -0.25) is 4.79 Å². The number of carbonyl (C=O) groups is 1. The number of amides is 1. The van der Waals surface area contributed by atoms with Crippen molar-refractivity contribution in [1.82, 2.24) is 15.1 Å². The summed E-state index contributed by atoms with van der Waals surface area (Å²) >= 11 is 0. The van der Waals surface area contributed by atoms with E-state index in [-0.39, 0.29) is 12.5 Å². The van der Waals surface area contributed by atoms with Crippen molar-refractivity contribution in [2.75, 3.05) is 51.9 Å². The Morgan fingerprint density at radius 1 is 0.744 bits per heavy atom. The first-order valence-corrected chi connectivity index (χ1v) is 12.7. The summed E-state index contributed by atoms with van der Waals surface area (Å²) in [6.07, 6.45) is 0. The number of anilines is 1. The number of benzene rings is 3. The second kappa shape index (κ2) is 12.2. The fourth-order valence-corrected chi connectivity index (χ4v) is 4.29. The van der Waals surface area contributed by atoms with E-state index in [0.29, 0.717) is 49.2 Å². The monoisotopic (exact) mass is 526 g/mol. The van der Waals surface area contributed by atoms with E-state index < -0.39 is 0 Å². The first-order valence-electron chi connectivity index (χ1n) is 12.7. The third-order valence-corrected chi connectivity index (χ3v) is 6.45. The van der Waals surface area contributed by atoms with Gasteiger partial charge in [0.1, 0.15) is 17.2 Å². The van der Waals surface area contributed by atoms with E-state index in [9.17, 15) is 4.79 Å². The summed E-state index contributed by atoms with van der Waals surface area (Å²) in [4.78, 5) is 16.7. The van der Waals surface area contributed by atoms with Crippen molar-refractivity contribution in [2.45, 2.75) is 0 Å². The van der Waals surface area contributed by atoms with Crippen LogP contribution in [0, 0.1) is 0 Å². The molecule has 0 atom stereocenters. The molecule has 0 N–H and O–H groups in total. The second-order valence-corrected chi connectivity index (χ2v) is 8.89. The largest absolute Gasteiger partial charge is 0.493 e. The molecule has 0 saturated carbocycles. The zero-order chi connectivity index (χ0) is 27.0. The number of ether oxygens (including phenoxy) is 4. The molecule has 0 radical (unpaired) electrons. The molecular formula is C30H30N4O5. The minimum absolute atomic E-state index is 0.0152. The van der Waals surface area contributed by atoms with Crippen LogP contribution in [0.5, 0.6) is 28.7 Å². The maximum absolute atomic E-state index is 12.7. The van der Waals surface area contributed by atoms with Gasteiger partial charge < -0.3 is 28.7 Å². The van der Waals surface area contributed by atoms with Gasteiger partial charge in [0.05, 0.1) is 19.9 Å². The fraction of sp³-hybridized carbons (Fsp3) is 0.233. The molecule has 0 unspecified atom stereocenters. The molecule has 200 valence electrons. The molecule has 1 saturated heterocycles. The molecule has 0 spiro atoms. The summed E-state index contributed by atoms with van der Waals surface area (Å²) in [6.45, 7) is 2.50. The van der Waals surface area contributed by atoms with Gasteiger partial charge in [0.2, 0.25) is 0 Å². The Morgan fingerprint density at radius 3 is 2.10 bits per heavy atom. The lowest BCUT2D eigenvalue weighted by Gasteiger charge is -2.35. The van der Waals surface area contributed by atoms with Crippen LogP contribution in [0.2, 0.25) is 0 Å². The minimum Gasteiger partial charge on any atom is -0.493 e. The van der Waals surface area contributed by atoms with Crippen LogP contribution in [0.25, 0.3) is 11.3 Å². The van der Waals surface area contributed by atoms with Gasteiger partial charge in [-0.1, -0.05) is 18.2 Å². The van der Waals surface area contributed by atoms with Crippen LogP contribution in [0.3, 0.4) is 0 Å². The molecule has 1 amide bonds. The van der Waals surface area contributed by atoms with Gasteiger partial charge in [0.25, 0.3) is 5.91 Å². The van der Waals surface area contributed by atoms with Crippen LogP contribution in [-0.2, 0) is 4.79 Å². The molecule has 3 aromatic carbocycles. The highest BCUT2D eigenvalue weighted by Gasteiger charge is 2.22. The minimum atomic E-state index is -0.0471. The highest BCUT2D eigenvalue weighted by atomic mass is 16.5. The van der Waals surface area contributed by atoms with Gasteiger partial charge in [-0.2, -0.15) is 0 Å². The summed E-state index contributed by atoms with van der Waals surface area (Å²) in [7, 11) is 3.21. The Hall–Kier alpha value is -4.79. The van der Waals surface area contributed by atoms with E-state index in [2.05, 4.69) is 15.1 Å². The maximum atomic E-state index is 12.7. The molecule has 2 heterocycles. The molecule has 9 heteroatoms. The predicted octanol–water partition coefficient (Wildman–Crippen LogP) is 4.68. The Balaban J connectivity index is 1.09. The van der Waals surface area contributed by atoms with E-state index >= 15 is 0 Å². The Labute approximate surface area is 227 Å². The molecule has 1 aliphatic rings. The molecule has 1 aromatic heterocycles. The van der Waals surface area contributed by atoms with E-state index in [0.717, 1.165) is 22.8 Å². The number of nitrogens with zero attached hydrogens (tertiary/aromatic N) is 4. The van der Waals surface area contributed by atoms with E-state index in [1.165, 1.54) is 0 Å². The third-order valence-electron chi connectivity index (χ3n) is 6.45. The molecule has 39 heavy (non-hydrogen) atoms. The molecule has 0 aliphatic carbocycles. The number of para-hydroxylation sites is 1. The second-order valence-electron chi connectivity index (χ2n) is 8.89. The molecule has 1 fully saturated rings. The zero-order valence-corrected chi connectivity index (χ0v) is 21.9. The van der Waals surface area contributed by atoms with Gasteiger partial charge in [-0.15, -0.1) is 10.2 Å². The first-order chi connectivity index (χ1) is 19.1. The molecule has 9 nitrogen and oxygen atoms in total. The van der Waals surface area contributed by atoms with Gasteiger partial charge in [-0.25, -0.2) is 0 Å². The zero-order valence-electron chi connectivity index (χ0n) is 21.9. The highest BCUT2D eigenvalue weighted by molar-refractivity contribution is 5.78. The summed E-state index contributed by atoms with van der Waals surface area (Å²) in [5.41, 5.74) is 1.63. The van der Waals surface area contributed by atoms with Crippen LogP contribution >= 0.6 is 0 Å². The molecular weight excluding hydrogens is 496 g/mol. The van der Waals surface area contributed by atoms with Gasteiger partial charge in [0.15, 0.2) is 23.9 Å². The summed E-state index contributed by atoms with van der Waals surface area (Å²) < 4.78 is 22.2. The smallest absolute Gasteiger partial charge is 0.260 e. The summed E-state index contributed by atoms with van der Waals surface area (Å²) in [5, 5.41) is 8.83.